The molecule has 0 aliphatic carbocycles. The minimum Gasteiger partial charge on any atom is -0.478 e. The van der Waals surface area contributed by atoms with Crippen molar-refractivity contribution in [1.82, 2.24) is 9.78 Å². The van der Waals surface area contributed by atoms with Gasteiger partial charge in [0, 0.05) is 6.20 Å². The quantitative estimate of drug-likeness (QED) is 0.738. The number of carbonyl (C=O) groups is 1. The number of aliphatic hydroxyl groups is 1. The number of aromatic nitrogens is 2. The van der Waals surface area contributed by atoms with Crippen LogP contribution >= 0.6 is 0 Å². The van der Waals surface area contributed by atoms with Crippen LogP contribution in [0.5, 0.6) is 0 Å². The summed E-state index contributed by atoms with van der Waals surface area (Å²) >= 11 is 0. The average Bonchev–Trinajstić information content (AvgIpc) is 2.52. The van der Waals surface area contributed by atoms with Crippen LogP contribution in [-0.2, 0) is 6.54 Å². The number of hydrogen-bond donors (Lipinski definition) is 2. The molecule has 2 N–H and O–H groups in total. The maximum Gasteiger partial charge on any atom is 0.338 e. The van der Waals surface area contributed by atoms with Crippen LogP contribution in [0.25, 0.3) is 0 Å². The molecule has 0 bridgehead atoms. The van der Waals surface area contributed by atoms with Crippen LogP contribution in [0.1, 0.15) is 10.4 Å². The maximum absolute atomic E-state index is 12.6. The predicted octanol–water partition coefficient (Wildman–Crippen LogP) is 0.209. The van der Waals surface area contributed by atoms with Crippen LogP contribution in [0.4, 0.5) is 8.78 Å². The van der Waals surface area contributed by atoms with E-state index < -0.39 is 25.0 Å². The molecule has 0 saturated heterocycles. The van der Waals surface area contributed by atoms with Crippen molar-refractivity contribution in [3.05, 3.63) is 18.0 Å². The van der Waals surface area contributed by atoms with E-state index in [9.17, 15) is 13.6 Å². The molecule has 0 amide bonds. The minimum atomic E-state index is -3.29. The Morgan fingerprint density at radius 2 is 2.29 bits per heavy atom. The van der Waals surface area contributed by atoms with E-state index in [0.717, 1.165) is 17.1 Å². The van der Waals surface area contributed by atoms with Crippen molar-refractivity contribution in [3.8, 4) is 0 Å². The second-order valence-electron chi connectivity index (χ2n) is 2.75. The summed E-state index contributed by atoms with van der Waals surface area (Å²) in [5.41, 5.74) is -0.168. The van der Waals surface area contributed by atoms with Gasteiger partial charge in [0.2, 0.25) is 0 Å². The Kier molecular flexibility index (Phi) is 2.80. The lowest BCUT2D eigenvalue weighted by Gasteiger charge is -2.12. The molecule has 1 aromatic rings. The first-order chi connectivity index (χ1) is 6.44. The standard InChI is InChI=1S/C7H8F2N2O3/c8-7(9,4-12)3-11-2-5(1-10-11)6(13)14/h1-2,12H,3-4H2,(H,13,14). The van der Waals surface area contributed by atoms with Crippen molar-refractivity contribution in [2.24, 2.45) is 0 Å². The average molecular weight is 206 g/mol. The molecule has 0 spiro atoms. The van der Waals surface area contributed by atoms with Gasteiger partial charge in [-0.05, 0) is 0 Å². The number of carboxylic acid groups (broad SMARTS) is 1. The second kappa shape index (κ2) is 3.70. The van der Waals surface area contributed by atoms with Crippen LogP contribution < -0.4 is 0 Å². The van der Waals surface area contributed by atoms with Crippen molar-refractivity contribution in [3.63, 3.8) is 0 Å². The Morgan fingerprint density at radius 3 is 2.71 bits per heavy atom. The van der Waals surface area contributed by atoms with Crippen molar-refractivity contribution in [1.29, 1.82) is 0 Å². The van der Waals surface area contributed by atoms with Gasteiger partial charge in [0.15, 0.2) is 0 Å². The van der Waals surface area contributed by atoms with Crippen LogP contribution in [0, 0.1) is 0 Å². The first-order valence-electron chi connectivity index (χ1n) is 3.69. The van der Waals surface area contributed by atoms with Crippen molar-refractivity contribution < 1.29 is 23.8 Å². The fraction of sp³-hybridized carbons (Fsp3) is 0.429. The van der Waals surface area contributed by atoms with Crippen LogP contribution in [0.15, 0.2) is 12.4 Å². The number of carboxylic acids is 1. The lowest BCUT2D eigenvalue weighted by Crippen LogP contribution is -2.28. The van der Waals surface area contributed by atoms with Crippen LogP contribution in [0.2, 0.25) is 0 Å². The summed E-state index contributed by atoms with van der Waals surface area (Å²) in [6.07, 6.45) is 1.95. The van der Waals surface area contributed by atoms with Crippen LogP contribution in [0.3, 0.4) is 0 Å². The molecule has 0 radical (unpaired) electrons. The third-order valence-electron chi connectivity index (χ3n) is 1.50. The summed E-state index contributed by atoms with van der Waals surface area (Å²) in [4.78, 5) is 10.4. The molecule has 0 fully saturated rings. The highest BCUT2D eigenvalue weighted by Gasteiger charge is 2.28. The normalized spacial score (nSPS) is 11.6. The Hall–Kier alpha value is -1.50. The van der Waals surface area contributed by atoms with Gasteiger partial charge in [-0.3, -0.25) is 4.68 Å². The summed E-state index contributed by atoms with van der Waals surface area (Å²) < 4.78 is 26.0. The molecular weight excluding hydrogens is 198 g/mol. The molecule has 1 rings (SSSR count). The lowest BCUT2D eigenvalue weighted by atomic mass is 10.3. The van der Waals surface area contributed by atoms with Gasteiger partial charge < -0.3 is 10.2 Å². The van der Waals surface area contributed by atoms with Crippen molar-refractivity contribution >= 4 is 5.97 Å². The van der Waals surface area contributed by atoms with E-state index in [1.165, 1.54) is 0 Å². The topological polar surface area (TPSA) is 75.3 Å². The largest absolute Gasteiger partial charge is 0.478 e. The van der Waals surface area contributed by atoms with E-state index in [-0.39, 0.29) is 5.56 Å². The van der Waals surface area contributed by atoms with E-state index in [2.05, 4.69) is 5.10 Å². The Morgan fingerprint density at radius 1 is 1.64 bits per heavy atom. The fourth-order valence-corrected chi connectivity index (χ4v) is 0.847. The summed E-state index contributed by atoms with van der Waals surface area (Å²) in [5.74, 6) is -4.52. The highest BCUT2D eigenvalue weighted by atomic mass is 19.3. The van der Waals surface area contributed by atoms with Gasteiger partial charge in [0.05, 0.1) is 11.8 Å². The maximum atomic E-state index is 12.6. The van der Waals surface area contributed by atoms with Crippen molar-refractivity contribution in [2.75, 3.05) is 6.61 Å². The summed E-state index contributed by atoms with van der Waals surface area (Å²) in [5, 5.41) is 20.1. The predicted molar refractivity (Wildman–Crippen MR) is 41.2 cm³/mol. The molecule has 1 aromatic heterocycles. The number of hydrogen-bond acceptors (Lipinski definition) is 3. The highest BCUT2D eigenvalue weighted by molar-refractivity contribution is 5.86. The molecular formula is C7H8F2N2O3. The number of alkyl halides is 2. The van der Waals surface area contributed by atoms with E-state index in [0.29, 0.717) is 0 Å². The molecule has 78 valence electrons. The summed E-state index contributed by atoms with van der Waals surface area (Å²) in [6, 6.07) is 0. The fourth-order valence-electron chi connectivity index (χ4n) is 0.847. The zero-order valence-corrected chi connectivity index (χ0v) is 7.02. The molecule has 0 aliphatic rings. The summed E-state index contributed by atoms with van der Waals surface area (Å²) in [7, 11) is 0. The van der Waals surface area contributed by atoms with E-state index in [1.54, 1.807) is 0 Å². The second-order valence-corrected chi connectivity index (χ2v) is 2.75. The Bertz CT molecular complexity index is 337. The number of halogens is 2. The summed E-state index contributed by atoms with van der Waals surface area (Å²) in [6.45, 7) is -2.13. The van der Waals surface area contributed by atoms with E-state index in [1.807, 2.05) is 0 Å². The van der Waals surface area contributed by atoms with E-state index >= 15 is 0 Å². The monoisotopic (exact) mass is 206 g/mol. The molecule has 14 heavy (non-hydrogen) atoms. The number of rotatable bonds is 4. The smallest absolute Gasteiger partial charge is 0.338 e. The van der Waals surface area contributed by atoms with Gasteiger partial charge in [-0.2, -0.15) is 5.10 Å². The number of nitrogens with zero attached hydrogens (tertiary/aromatic N) is 2. The molecule has 0 atom stereocenters. The van der Waals surface area contributed by atoms with Crippen molar-refractivity contribution in [2.45, 2.75) is 12.5 Å². The first kappa shape index (κ1) is 10.6. The van der Waals surface area contributed by atoms with Gasteiger partial charge in [0.25, 0.3) is 5.92 Å². The van der Waals surface area contributed by atoms with Gasteiger partial charge in [-0.15, -0.1) is 0 Å². The molecule has 1 heterocycles. The SMILES string of the molecule is O=C(O)c1cnn(CC(F)(F)CO)c1. The third-order valence-corrected chi connectivity index (χ3v) is 1.50. The molecule has 0 aromatic carbocycles. The minimum absolute atomic E-state index is 0.168. The molecule has 0 unspecified atom stereocenters. The first-order valence-corrected chi connectivity index (χ1v) is 3.69. The van der Waals surface area contributed by atoms with Gasteiger partial charge in [0.1, 0.15) is 13.2 Å². The number of aliphatic hydroxyl groups excluding tert-OH is 1. The molecule has 0 saturated carbocycles. The highest BCUT2D eigenvalue weighted by Crippen LogP contribution is 2.14. The lowest BCUT2D eigenvalue weighted by molar-refractivity contribution is -0.0652. The Labute approximate surface area is 77.6 Å². The van der Waals surface area contributed by atoms with E-state index in [4.69, 9.17) is 10.2 Å². The zero-order chi connectivity index (χ0) is 10.8. The molecule has 7 heteroatoms. The zero-order valence-electron chi connectivity index (χ0n) is 7.02. The number of aromatic carboxylic acids is 1. The van der Waals surface area contributed by atoms with Gasteiger partial charge in [-0.1, -0.05) is 0 Å². The van der Waals surface area contributed by atoms with Gasteiger partial charge >= 0.3 is 5.97 Å². The molecule has 5 nitrogen and oxygen atoms in total. The molecule has 0 aliphatic heterocycles. The Balaban J connectivity index is 2.73. The van der Waals surface area contributed by atoms with Crippen LogP contribution in [-0.4, -0.2) is 38.5 Å². The third kappa shape index (κ3) is 2.49. The van der Waals surface area contributed by atoms with Gasteiger partial charge in [-0.25, -0.2) is 13.6 Å².